The first-order valence-corrected chi connectivity index (χ1v) is 7.99. The number of nitrogens with two attached hydrogens (primary N) is 1. The normalized spacial score (nSPS) is 12.2. The molecule has 1 aromatic heterocycles. The van der Waals surface area contributed by atoms with E-state index in [0.29, 0.717) is 18.7 Å². The van der Waals surface area contributed by atoms with E-state index in [9.17, 15) is 4.79 Å². The molecule has 20 heavy (non-hydrogen) atoms. The highest BCUT2D eigenvalue weighted by Crippen LogP contribution is 2.23. The zero-order chi connectivity index (χ0) is 14.5. The van der Waals surface area contributed by atoms with Crippen LogP contribution in [0.15, 0.2) is 34.1 Å². The molecule has 0 saturated heterocycles. The van der Waals surface area contributed by atoms with E-state index < -0.39 is 0 Å². The molecule has 4 nitrogen and oxygen atoms in total. The molecule has 6 heteroatoms. The Kier molecular flexibility index (Phi) is 5.28. The molecule has 2 aromatic rings. The van der Waals surface area contributed by atoms with Crippen molar-refractivity contribution in [2.75, 3.05) is 6.54 Å². The molecule has 1 amide bonds. The fraction of sp³-hybridized carbons (Fsp3) is 0.286. The third kappa shape index (κ3) is 3.65. The molecule has 0 spiro atoms. The van der Waals surface area contributed by atoms with Crippen molar-refractivity contribution in [3.63, 3.8) is 0 Å². The van der Waals surface area contributed by atoms with Gasteiger partial charge in [0.05, 0.1) is 11.0 Å². The summed E-state index contributed by atoms with van der Waals surface area (Å²) in [5, 5.41) is 5.62. The first-order chi connectivity index (χ1) is 9.61. The Hall–Kier alpha value is -1.24. The number of halogens is 1. The number of aromatic nitrogens is 1. The van der Waals surface area contributed by atoms with Crippen molar-refractivity contribution in [1.82, 2.24) is 10.3 Å². The van der Waals surface area contributed by atoms with Gasteiger partial charge in [0.25, 0.3) is 5.91 Å². The topological polar surface area (TPSA) is 68.0 Å². The number of nitrogens with one attached hydrogen (secondary N) is 1. The SMILES string of the molecule is C[C@@H](NC(=O)c1csc(CCN)n1)c1ccccc1Br. The van der Waals surface area contributed by atoms with Crippen LogP contribution >= 0.6 is 27.3 Å². The van der Waals surface area contributed by atoms with Crippen LogP contribution in [0.5, 0.6) is 0 Å². The van der Waals surface area contributed by atoms with Gasteiger partial charge in [-0.05, 0) is 25.1 Å². The monoisotopic (exact) mass is 353 g/mol. The average molecular weight is 354 g/mol. The summed E-state index contributed by atoms with van der Waals surface area (Å²) >= 11 is 4.96. The number of hydrogen-bond donors (Lipinski definition) is 2. The Morgan fingerprint density at radius 2 is 2.25 bits per heavy atom. The summed E-state index contributed by atoms with van der Waals surface area (Å²) in [6.45, 7) is 2.49. The summed E-state index contributed by atoms with van der Waals surface area (Å²) in [6, 6.07) is 7.75. The van der Waals surface area contributed by atoms with Gasteiger partial charge in [-0.25, -0.2) is 4.98 Å². The van der Waals surface area contributed by atoms with Gasteiger partial charge in [0.15, 0.2) is 0 Å². The van der Waals surface area contributed by atoms with Crippen molar-refractivity contribution < 1.29 is 4.79 Å². The lowest BCUT2D eigenvalue weighted by molar-refractivity contribution is 0.0935. The first kappa shape index (κ1) is 15.2. The fourth-order valence-corrected chi connectivity index (χ4v) is 3.25. The zero-order valence-electron chi connectivity index (χ0n) is 11.1. The third-order valence-electron chi connectivity index (χ3n) is 2.86. The van der Waals surface area contributed by atoms with Crippen molar-refractivity contribution in [3.05, 3.63) is 50.4 Å². The number of carbonyl (C=O) groups excluding carboxylic acids is 1. The Morgan fingerprint density at radius 1 is 1.50 bits per heavy atom. The largest absolute Gasteiger partial charge is 0.344 e. The van der Waals surface area contributed by atoms with Crippen LogP contribution in [-0.2, 0) is 6.42 Å². The molecule has 106 valence electrons. The van der Waals surface area contributed by atoms with Crippen LogP contribution in [0.2, 0.25) is 0 Å². The van der Waals surface area contributed by atoms with Gasteiger partial charge < -0.3 is 11.1 Å². The van der Waals surface area contributed by atoms with Crippen molar-refractivity contribution in [1.29, 1.82) is 0 Å². The summed E-state index contributed by atoms with van der Waals surface area (Å²) in [4.78, 5) is 16.4. The van der Waals surface area contributed by atoms with E-state index in [0.717, 1.165) is 15.0 Å². The van der Waals surface area contributed by atoms with Gasteiger partial charge in [0.1, 0.15) is 5.69 Å². The quantitative estimate of drug-likeness (QED) is 0.868. The van der Waals surface area contributed by atoms with Gasteiger partial charge in [-0.1, -0.05) is 34.1 Å². The van der Waals surface area contributed by atoms with Crippen LogP contribution in [0.3, 0.4) is 0 Å². The second-order valence-electron chi connectivity index (χ2n) is 4.38. The van der Waals surface area contributed by atoms with E-state index in [4.69, 9.17) is 5.73 Å². The predicted octanol–water partition coefficient (Wildman–Crippen LogP) is 2.90. The summed E-state index contributed by atoms with van der Waals surface area (Å²) in [5.74, 6) is -0.159. The molecule has 0 aliphatic rings. The summed E-state index contributed by atoms with van der Waals surface area (Å²) < 4.78 is 0.981. The molecular formula is C14H16BrN3OS. The van der Waals surface area contributed by atoms with Gasteiger partial charge in [-0.3, -0.25) is 4.79 Å². The molecule has 1 atom stereocenters. The zero-order valence-corrected chi connectivity index (χ0v) is 13.5. The molecule has 0 bridgehead atoms. The van der Waals surface area contributed by atoms with Crippen LogP contribution in [0, 0.1) is 0 Å². The molecule has 0 aliphatic carbocycles. The van der Waals surface area contributed by atoms with Gasteiger partial charge in [-0.15, -0.1) is 11.3 Å². The standard InChI is InChI=1S/C14H16BrN3OS/c1-9(10-4-2-3-5-11(10)15)17-14(19)12-8-20-13(18-12)6-7-16/h2-5,8-9H,6-7,16H2,1H3,(H,17,19)/t9-/m1/s1. The lowest BCUT2D eigenvalue weighted by Gasteiger charge is -2.15. The van der Waals surface area contributed by atoms with E-state index in [-0.39, 0.29) is 11.9 Å². The molecule has 0 fully saturated rings. The molecule has 0 saturated carbocycles. The van der Waals surface area contributed by atoms with Crippen LogP contribution in [0.25, 0.3) is 0 Å². The number of amides is 1. The van der Waals surface area contributed by atoms with Crippen molar-refractivity contribution in [3.8, 4) is 0 Å². The van der Waals surface area contributed by atoms with Gasteiger partial charge in [0.2, 0.25) is 0 Å². The van der Waals surface area contributed by atoms with Gasteiger partial charge >= 0.3 is 0 Å². The van der Waals surface area contributed by atoms with Crippen LogP contribution < -0.4 is 11.1 Å². The second kappa shape index (κ2) is 6.97. The molecule has 1 heterocycles. The molecule has 0 radical (unpaired) electrons. The highest BCUT2D eigenvalue weighted by molar-refractivity contribution is 9.10. The smallest absolute Gasteiger partial charge is 0.271 e. The Bertz CT molecular complexity index is 600. The van der Waals surface area contributed by atoms with Crippen LogP contribution in [0.4, 0.5) is 0 Å². The van der Waals surface area contributed by atoms with E-state index in [1.54, 1.807) is 5.38 Å². The maximum absolute atomic E-state index is 12.1. The molecule has 2 rings (SSSR count). The molecule has 0 unspecified atom stereocenters. The molecular weight excluding hydrogens is 338 g/mol. The molecule has 0 aliphatic heterocycles. The Labute approximate surface area is 130 Å². The highest BCUT2D eigenvalue weighted by atomic mass is 79.9. The average Bonchev–Trinajstić information content (AvgIpc) is 2.88. The lowest BCUT2D eigenvalue weighted by Crippen LogP contribution is -2.27. The maximum atomic E-state index is 12.1. The number of thiazole rings is 1. The van der Waals surface area contributed by atoms with Gasteiger partial charge in [0, 0.05) is 16.3 Å². The van der Waals surface area contributed by atoms with E-state index in [1.165, 1.54) is 11.3 Å². The number of benzene rings is 1. The lowest BCUT2D eigenvalue weighted by atomic mass is 10.1. The number of nitrogens with zero attached hydrogens (tertiary/aromatic N) is 1. The van der Waals surface area contributed by atoms with E-state index >= 15 is 0 Å². The van der Waals surface area contributed by atoms with Crippen molar-refractivity contribution in [2.24, 2.45) is 5.73 Å². The minimum Gasteiger partial charge on any atom is -0.344 e. The minimum absolute atomic E-state index is 0.0854. The van der Waals surface area contributed by atoms with Gasteiger partial charge in [-0.2, -0.15) is 0 Å². The number of hydrogen-bond acceptors (Lipinski definition) is 4. The third-order valence-corrected chi connectivity index (χ3v) is 4.49. The Morgan fingerprint density at radius 3 is 2.95 bits per heavy atom. The van der Waals surface area contributed by atoms with Crippen LogP contribution in [-0.4, -0.2) is 17.4 Å². The van der Waals surface area contributed by atoms with Crippen LogP contribution in [0.1, 0.15) is 34.0 Å². The maximum Gasteiger partial charge on any atom is 0.271 e. The summed E-state index contributed by atoms with van der Waals surface area (Å²) in [6.07, 6.45) is 0.706. The van der Waals surface area contributed by atoms with Crippen molar-refractivity contribution >= 4 is 33.2 Å². The fourth-order valence-electron chi connectivity index (χ4n) is 1.83. The Balaban J connectivity index is 2.05. The second-order valence-corrected chi connectivity index (χ2v) is 6.18. The van der Waals surface area contributed by atoms with Crippen molar-refractivity contribution in [2.45, 2.75) is 19.4 Å². The summed E-state index contributed by atoms with van der Waals surface area (Å²) in [7, 11) is 0. The summed E-state index contributed by atoms with van der Waals surface area (Å²) in [5.41, 5.74) is 6.98. The molecule has 1 aromatic carbocycles. The van der Waals surface area contributed by atoms with E-state index in [2.05, 4.69) is 26.2 Å². The van der Waals surface area contributed by atoms with E-state index in [1.807, 2.05) is 31.2 Å². The minimum atomic E-state index is -0.159. The number of carbonyl (C=O) groups is 1. The number of rotatable bonds is 5. The first-order valence-electron chi connectivity index (χ1n) is 6.31. The highest BCUT2D eigenvalue weighted by Gasteiger charge is 2.15. The predicted molar refractivity (Wildman–Crippen MR) is 84.9 cm³/mol. The molecule has 3 N–H and O–H groups in total.